The molecule has 0 saturated heterocycles. The van der Waals surface area contributed by atoms with Gasteiger partial charge < -0.3 is 4.52 Å². The van der Waals surface area contributed by atoms with Gasteiger partial charge in [-0.05, 0) is 41.1 Å². The first kappa shape index (κ1) is 11.0. The second kappa shape index (κ2) is 4.16. The Hall–Kier alpha value is -0.510. The normalized spacial score (nSPS) is 10.7. The molecule has 1 aromatic carbocycles. The molecule has 0 spiro atoms. The molecule has 5 heteroatoms. The van der Waals surface area contributed by atoms with E-state index in [2.05, 4.69) is 21.1 Å². The smallest absolute Gasteiger partial charge is 0.148 e. The predicted octanol–water partition coefficient (Wildman–Crippen LogP) is 4.72. The van der Waals surface area contributed by atoms with Gasteiger partial charge >= 0.3 is 0 Å². The largest absolute Gasteiger partial charge is 0.360 e. The van der Waals surface area contributed by atoms with Gasteiger partial charge in [0.05, 0.1) is 9.50 Å². The van der Waals surface area contributed by atoms with Crippen LogP contribution >= 0.6 is 39.1 Å². The summed E-state index contributed by atoms with van der Waals surface area (Å²) in [6, 6.07) is 5.25. The fourth-order valence-electron chi connectivity index (χ4n) is 1.21. The van der Waals surface area contributed by atoms with Crippen molar-refractivity contribution >= 4 is 39.1 Å². The van der Waals surface area contributed by atoms with E-state index < -0.39 is 0 Å². The van der Waals surface area contributed by atoms with Gasteiger partial charge in [0, 0.05) is 10.6 Å². The maximum absolute atomic E-state index is 6.06. The third-order valence-electron chi connectivity index (χ3n) is 1.98. The molecule has 0 aliphatic carbocycles. The molecule has 1 aromatic heterocycles. The van der Waals surface area contributed by atoms with Crippen LogP contribution in [0, 0.1) is 6.92 Å². The average molecular weight is 307 g/mol. The van der Waals surface area contributed by atoms with E-state index in [0.717, 1.165) is 15.8 Å². The van der Waals surface area contributed by atoms with E-state index in [1.165, 1.54) is 0 Å². The molecule has 0 radical (unpaired) electrons. The van der Waals surface area contributed by atoms with Crippen molar-refractivity contribution in [1.82, 2.24) is 5.16 Å². The zero-order chi connectivity index (χ0) is 11.0. The number of benzene rings is 1. The third kappa shape index (κ3) is 2.05. The zero-order valence-corrected chi connectivity index (χ0v) is 10.8. The van der Waals surface area contributed by atoms with Gasteiger partial charge in [-0.3, -0.25) is 0 Å². The number of aromatic nitrogens is 1. The van der Waals surface area contributed by atoms with E-state index in [1.807, 2.05) is 13.0 Å². The lowest BCUT2D eigenvalue weighted by atomic mass is 10.1. The Kier molecular flexibility index (Phi) is 3.05. The Morgan fingerprint density at radius 1 is 1.33 bits per heavy atom. The van der Waals surface area contributed by atoms with Crippen molar-refractivity contribution in [3.8, 4) is 11.3 Å². The van der Waals surface area contributed by atoms with Crippen molar-refractivity contribution < 1.29 is 4.52 Å². The number of halogens is 3. The fourth-order valence-corrected chi connectivity index (χ4v) is 2.07. The van der Waals surface area contributed by atoms with Crippen molar-refractivity contribution in [3.05, 3.63) is 38.5 Å². The zero-order valence-electron chi connectivity index (χ0n) is 7.72. The van der Waals surface area contributed by atoms with Crippen LogP contribution in [-0.2, 0) is 0 Å². The van der Waals surface area contributed by atoms with Crippen LogP contribution in [-0.4, -0.2) is 5.16 Å². The molecule has 78 valence electrons. The Balaban J connectivity index is 2.59. The van der Waals surface area contributed by atoms with Crippen LogP contribution in [0.4, 0.5) is 0 Å². The number of rotatable bonds is 1. The molecular formula is C10H6BrCl2NO. The minimum absolute atomic E-state index is 0.552. The first-order valence-corrected chi connectivity index (χ1v) is 5.71. The van der Waals surface area contributed by atoms with E-state index >= 15 is 0 Å². The highest BCUT2D eigenvalue weighted by Crippen LogP contribution is 2.35. The van der Waals surface area contributed by atoms with Crippen LogP contribution in [0.25, 0.3) is 11.3 Å². The van der Waals surface area contributed by atoms with E-state index in [1.54, 1.807) is 12.1 Å². The Bertz CT molecular complexity index is 510. The van der Waals surface area contributed by atoms with Gasteiger partial charge in [0.25, 0.3) is 0 Å². The highest BCUT2D eigenvalue weighted by atomic mass is 79.9. The van der Waals surface area contributed by atoms with Crippen LogP contribution < -0.4 is 0 Å². The summed E-state index contributed by atoms with van der Waals surface area (Å²) in [4.78, 5) is 0. The molecule has 0 aliphatic rings. The fraction of sp³-hybridized carbons (Fsp3) is 0.100. The van der Waals surface area contributed by atoms with Crippen LogP contribution in [0.15, 0.2) is 27.2 Å². The lowest BCUT2D eigenvalue weighted by molar-refractivity contribution is 0.399. The standard InChI is InChI=1S/C10H6BrCl2NO/c1-5-9(11)10(14-15-5)7-3-2-6(12)4-8(7)13/h2-4H,1H3. The summed E-state index contributed by atoms with van der Waals surface area (Å²) < 4.78 is 5.86. The molecule has 0 atom stereocenters. The second-order valence-corrected chi connectivity index (χ2v) is 4.66. The van der Waals surface area contributed by atoms with Gasteiger partial charge in [-0.25, -0.2) is 0 Å². The molecule has 2 nitrogen and oxygen atoms in total. The van der Waals surface area contributed by atoms with Crippen LogP contribution in [0.1, 0.15) is 5.76 Å². The summed E-state index contributed by atoms with van der Waals surface area (Å²) in [5, 5.41) is 5.08. The highest BCUT2D eigenvalue weighted by Gasteiger charge is 2.14. The SMILES string of the molecule is Cc1onc(-c2ccc(Cl)cc2Cl)c1Br. The van der Waals surface area contributed by atoms with E-state index in [-0.39, 0.29) is 0 Å². The van der Waals surface area contributed by atoms with E-state index in [9.17, 15) is 0 Å². The minimum Gasteiger partial charge on any atom is -0.360 e. The Morgan fingerprint density at radius 2 is 2.07 bits per heavy atom. The maximum atomic E-state index is 6.06. The summed E-state index contributed by atoms with van der Waals surface area (Å²) >= 11 is 15.3. The third-order valence-corrected chi connectivity index (χ3v) is 3.46. The molecule has 1 heterocycles. The Morgan fingerprint density at radius 3 is 2.60 bits per heavy atom. The lowest BCUT2D eigenvalue weighted by Gasteiger charge is -2.00. The van der Waals surface area contributed by atoms with Crippen LogP contribution in [0.5, 0.6) is 0 Å². The lowest BCUT2D eigenvalue weighted by Crippen LogP contribution is -1.80. The first-order valence-electron chi connectivity index (χ1n) is 4.17. The van der Waals surface area contributed by atoms with Gasteiger partial charge in [0.1, 0.15) is 11.5 Å². The van der Waals surface area contributed by atoms with Gasteiger partial charge in [-0.2, -0.15) is 0 Å². The minimum atomic E-state index is 0.552. The highest BCUT2D eigenvalue weighted by molar-refractivity contribution is 9.10. The molecule has 0 bridgehead atoms. The molecule has 2 aromatic rings. The van der Waals surface area contributed by atoms with Crippen molar-refractivity contribution in [2.24, 2.45) is 0 Å². The summed E-state index contributed by atoms with van der Waals surface area (Å²) in [5.41, 5.74) is 1.49. The quantitative estimate of drug-likeness (QED) is 0.762. The predicted molar refractivity (Wildman–Crippen MR) is 64.4 cm³/mol. The second-order valence-electron chi connectivity index (χ2n) is 3.03. The number of aryl methyl sites for hydroxylation is 1. The average Bonchev–Trinajstić information content (AvgIpc) is 2.49. The van der Waals surface area contributed by atoms with Gasteiger partial charge in [-0.15, -0.1) is 0 Å². The van der Waals surface area contributed by atoms with Crippen molar-refractivity contribution in [3.63, 3.8) is 0 Å². The summed E-state index contributed by atoms with van der Waals surface area (Å²) in [7, 11) is 0. The van der Waals surface area contributed by atoms with Crippen molar-refractivity contribution in [2.75, 3.05) is 0 Å². The van der Waals surface area contributed by atoms with Gasteiger partial charge in [0.2, 0.25) is 0 Å². The summed E-state index contributed by atoms with van der Waals surface area (Å²) in [6.07, 6.45) is 0. The molecule has 0 fully saturated rings. The van der Waals surface area contributed by atoms with Crippen molar-refractivity contribution in [2.45, 2.75) is 6.92 Å². The number of hydrogen-bond acceptors (Lipinski definition) is 2. The molecule has 15 heavy (non-hydrogen) atoms. The molecule has 0 amide bonds. The molecule has 0 unspecified atom stereocenters. The number of hydrogen-bond donors (Lipinski definition) is 0. The molecule has 0 aliphatic heterocycles. The van der Waals surface area contributed by atoms with Crippen LogP contribution in [0.3, 0.4) is 0 Å². The monoisotopic (exact) mass is 305 g/mol. The van der Waals surface area contributed by atoms with Gasteiger partial charge in [0.15, 0.2) is 0 Å². The molecular weight excluding hydrogens is 301 g/mol. The van der Waals surface area contributed by atoms with E-state index in [4.69, 9.17) is 27.7 Å². The topological polar surface area (TPSA) is 26.0 Å². The first-order chi connectivity index (χ1) is 7.09. The number of nitrogens with zero attached hydrogens (tertiary/aromatic N) is 1. The van der Waals surface area contributed by atoms with Crippen molar-refractivity contribution in [1.29, 1.82) is 0 Å². The molecule has 0 saturated carbocycles. The molecule has 2 rings (SSSR count). The maximum Gasteiger partial charge on any atom is 0.148 e. The summed E-state index contributed by atoms with van der Waals surface area (Å²) in [6.45, 7) is 1.82. The van der Waals surface area contributed by atoms with Gasteiger partial charge in [-0.1, -0.05) is 28.4 Å². The Labute approximate surface area is 105 Å². The van der Waals surface area contributed by atoms with Crippen LogP contribution in [0.2, 0.25) is 10.0 Å². The molecule has 0 N–H and O–H groups in total. The van der Waals surface area contributed by atoms with E-state index in [0.29, 0.717) is 15.7 Å². The summed E-state index contributed by atoms with van der Waals surface area (Å²) in [5.74, 6) is 0.719.